The minimum absolute atomic E-state index is 0.110. The summed E-state index contributed by atoms with van der Waals surface area (Å²) >= 11 is 0. The Morgan fingerprint density at radius 3 is 2.86 bits per heavy atom. The zero-order valence-corrected chi connectivity index (χ0v) is 12.7. The summed E-state index contributed by atoms with van der Waals surface area (Å²) in [6.07, 6.45) is 3.51. The van der Waals surface area contributed by atoms with Gasteiger partial charge in [0.25, 0.3) is 0 Å². The Morgan fingerprint density at radius 1 is 1.29 bits per heavy atom. The fourth-order valence-electron chi connectivity index (χ4n) is 3.28. The Bertz CT molecular complexity index is 497. The van der Waals surface area contributed by atoms with Crippen LogP contribution >= 0.6 is 0 Å². The molecule has 114 valence electrons. The molecule has 0 radical (unpaired) electrons. The van der Waals surface area contributed by atoms with Crippen LogP contribution in [-0.4, -0.2) is 36.5 Å². The van der Waals surface area contributed by atoms with Crippen molar-refractivity contribution in [2.24, 2.45) is 0 Å². The van der Waals surface area contributed by atoms with Gasteiger partial charge < -0.3 is 9.64 Å². The normalized spacial score (nSPS) is 23.5. The molecule has 0 bridgehead atoms. The molecule has 2 aliphatic heterocycles. The number of rotatable bonds is 3. The van der Waals surface area contributed by atoms with E-state index in [0.29, 0.717) is 13.2 Å². The molecule has 1 amide bonds. The summed E-state index contributed by atoms with van der Waals surface area (Å²) < 4.78 is 5.65. The van der Waals surface area contributed by atoms with Gasteiger partial charge in [0.2, 0.25) is 5.91 Å². The number of nitrogens with zero attached hydrogens (tertiary/aromatic N) is 1. The number of carbonyl (C=O) groups excluding carboxylic acids is 1. The molecule has 0 aromatic heterocycles. The first-order chi connectivity index (χ1) is 10.3. The van der Waals surface area contributed by atoms with Gasteiger partial charge in [-0.15, -0.1) is 0 Å². The lowest BCUT2D eigenvalue weighted by Gasteiger charge is -2.33. The Morgan fingerprint density at radius 2 is 2.05 bits per heavy atom. The molecule has 4 heteroatoms. The number of piperidine rings is 1. The Labute approximate surface area is 126 Å². The quantitative estimate of drug-likeness (QED) is 0.927. The van der Waals surface area contributed by atoms with E-state index in [1.165, 1.54) is 17.5 Å². The first kappa shape index (κ1) is 14.5. The van der Waals surface area contributed by atoms with Crippen molar-refractivity contribution in [3.8, 4) is 0 Å². The standard InChI is InChI=1S/C17H24N2O2/c1-13(17(20)19-9-5-2-6-10-19)18-16-12-21-11-14-7-3-4-8-15(14)16/h3-4,7-8,13,16,18H,2,5-6,9-12H2,1H3. The van der Waals surface area contributed by atoms with E-state index in [-0.39, 0.29) is 18.0 Å². The Balaban J connectivity index is 1.65. The van der Waals surface area contributed by atoms with Gasteiger partial charge >= 0.3 is 0 Å². The van der Waals surface area contributed by atoms with Crippen LogP contribution in [-0.2, 0) is 16.1 Å². The summed E-state index contributed by atoms with van der Waals surface area (Å²) in [5.74, 6) is 0.220. The van der Waals surface area contributed by atoms with Crippen molar-refractivity contribution in [2.45, 2.75) is 44.9 Å². The second kappa shape index (κ2) is 6.58. The average Bonchev–Trinajstić information content (AvgIpc) is 2.55. The monoisotopic (exact) mass is 288 g/mol. The van der Waals surface area contributed by atoms with Crippen LogP contribution in [0.3, 0.4) is 0 Å². The fourth-order valence-corrected chi connectivity index (χ4v) is 3.28. The van der Waals surface area contributed by atoms with Crippen molar-refractivity contribution in [3.63, 3.8) is 0 Å². The SMILES string of the molecule is CC(NC1COCc2ccccc21)C(=O)N1CCCCC1. The molecule has 0 saturated carbocycles. The smallest absolute Gasteiger partial charge is 0.239 e. The topological polar surface area (TPSA) is 41.6 Å². The molecular weight excluding hydrogens is 264 g/mol. The van der Waals surface area contributed by atoms with Gasteiger partial charge in [-0.1, -0.05) is 24.3 Å². The van der Waals surface area contributed by atoms with Gasteiger partial charge in [0.05, 0.1) is 25.3 Å². The molecule has 2 unspecified atom stereocenters. The summed E-state index contributed by atoms with van der Waals surface area (Å²) in [7, 11) is 0. The highest BCUT2D eigenvalue weighted by Crippen LogP contribution is 2.25. The van der Waals surface area contributed by atoms with E-state index in [4.69, 9.17) is 4.74 Å². The lowest BCUT2D eigenvalue weighted by atomic mass is 9.98. The van der Waals surface area contributed by atoms with Crippen LogP contribution in [0.2, 0.25) is 0 Å². The molecule has 3 rings (SSSR count). The maximum absolute atomic E-state index is 12.5. The third-order valence-electron chi connectivity index (χ3n) is 4.46. The zero-order valence-electron chi connectivity index (χ0n) is 12.7. The summed E-state index contributed by atoms with van der Waals surface area (Å²) in [6.45, 7) is 5.08. The predicted octanol–water partition coefficient (Wildman–Crippen LogP) is 2.25. The highest BCUT2D eigenvalue weighted by Gasteiger charge is 2.27. The van der Waals surface area contributed by atoms with Crippen LogP contribution < -0.4 is 5.32 Å². The number of benzene rings is 1. The number of amides is 1. The van der Waals surface area contributed by atoms with Gasteiger partial charge in [0.1, 0.15) is 0 Å². The molecule has 1 aromatic carbocycles. The molecule has 0 spiro atoms. The number of nitrogens with one attached hydrogen (secondary N) is 1. The molecular formula is C17H24N2O2. The van der Waals surface area contributed by atoms with E-state index in [9.17, 15) is 4.79 Å². The summed E-state index contributed by atoms with van der Waals surface area (Å²) in [5, 5.41) is 3.46. The largest absolute Gasteiger partial charge is 0.375 e. The second-order valence-electron chi connectivity index (χ2n) is 6.04. The lowest BCUT2D eigenvalue weighted by molar-refractivity contribution is -0.134. The molecule has 1 fully saturated rings. The molecule has 1 saturated heterocycles. The van der Waals surface area contributed by atoms with Crippen molar-refractivity contribution in [1.29, 1.82) is 0 Å². The minimum atomic E-state index is -0.164. The number of ether oxygens (including phenoxy) is 1. The maximum Gasteiger partial charge on any atom is 0.239 e. The van der Waals surface area contributed by atoms with Crippen molar-refractivity contribution in [1.82, 2.24) is 10.2 Å². The van der Waals surface area contributed by atoms with Gasteiger partial charge in [0, 0.05) is 13.1 Å². The van der Waals surface area contributed by atoms with Crippen molar-refractivity contribution in [3.05, 3.63) is 35.4 Å². The second-order valence-corrected chi connectivity index (χ2v) is 6.04. The number of hydrogen-bond acceptors (Lipinski definition) is 3. The number of carbonyl (C=O) groups is 1. The molecule has 2 heterocycles. The van der Waals surface area contributed by atoms with Gasteiger partial charge in [-0.05, 0) is 37.3 Å². The van der Waals surface area contributed by atoms with E-state index in [2.05, 4.69) is 23.5 Å². The molecule has 21 heavy (non-hydrogen) atoms. The molecule has 1 N–H and O–H groups in total. The Hall–Kier alpha value is -1.39. The summed E-state index contributed by atoms with van der Waals surface area (Å²) in [4.78, 5) is 14.5. The van der Waals surface area contributed by atoms with E-state index in [1.807, 2.05) is 17.9 Å². The number of likely N-dealkylation sites (tertiary alicyclic amines) is 1. The molecule has 0 aliphatic carbocycles. The third-order valence-corrected chi connectivity index (χ3v) is 4.46. The number of hydrogen-bond donors (Lipinski definition) is 1. The van der Waals surface area contributed by atoms with Crippen molar-refractivity contribution in [2.75, 3.05) is 19.7 Å². The van der Waals surface area contributed by atoms with Gasteiger partial charge in [-0.2, -0.15) is 0 Å². The number of fused-ring (bicyclic) bond motifs is 1. The van der Waals surface area contributed by atoms with E-state index >= 15 is 0 Å². The predicted molar refractivity (Wildman–Crippen MR) is 81.9 cm³/mol. The average molecular weight is 288 g/mol. The van der Waals surface area contributed by atoms with E-state index in [0.717, 1.165) is 25.9 Å². The molecule has 2 atom stereocenters. The highest BCUT2D eigenvalue weighted by atomic mass is 16.5. The fraction of sp³-hybridized carbons (Fsp3) is 0.588. The van der Waals surface area contributed by atoms with Crippen LogP contribution in [0.5, 0.6) is 0 Å². The van der Waals surface area contributed by atoms with E-state index in [1.54, 1.807) is 0 Å². The van der Waals surface area contributed by atoms with E-state index < -0.39 is 0 Å². The summed E-state index contributed by atoms with van der Waals surface area (Å²) in [5.41, 5.74) is 2.49. The first-order valence-electron chi connectivity index (χ1n) is 7.96. The van der Waals surface area contributed by atoms with Crippen LogP contribution in [0.1, 0.15) is 43.4 Å². The maximum atomic E-state index is 12.5. The Kier molecular flexibility index (Phi) is 4.56. The zero-order chi connectivity index (χ0) is 14.7. The van der Waals surface area contributed by atoms with Crippen LogP contribution in [0.15, 0.2) is 24.3 Å². The third kappa shape index (κ3) is 3.27. The van der Waals surface area contributed by atoms with Gasteiger partial charge in [-0.3, -0.25) is 10.1 Å². The van der Waals surface area contributed by atoms with Gasteiger partial charge in [0.15, 0.2) is 0 Å². The van der Waals surface area contributed by atoms with Crippen molar-refractivity contribution >= 4 is 5.91 Å². The molecule has 2 aliphatic rings. The van der Waals surface area contributed by atoms with Crippen LogP contribution in [0.25, 0.3) is 0 Å². The summed E-state index contributed by atoms with van der Waals surface area (Å²) in [6, 6.07) is 8.26. The lowest BCUT2D eigenvalue weighted by Crippen LogP contribution is -2.48. The van der Waals surface area contributed by atoms with Gasteiger partial charge in [-0.25, -0.2) is 0 Å². The van der Waals surface area contributed by atoms with Crippen molar-refractivity contribution < 1.29 is 9.53 Å². The first-order valence-corrected chi connectivity index (χ1v) is 7.96. The highest BCUT2D eigenvalue weighted by molar-refractivity contribution is 5.81. The minimum Gasteiger partial charge on any atom is -0.375 e. The molecule has 4 nitrogen and oxygen atoms in total. The molecule has 1 aromatic rings. The van der Waals surface area contributed by atoms with Crippen LogP contribution in [0, 0.1) is 0 Å². The van der Waals surface area contributed by atoms with Crippen LogP contribution in [0.4, 0.5) is 0 Å².